The van der Waals surface area contributed by atoms with Gasteiger partial charge < -0.3 is 5.73 Å². The molecule has 4 nitrogen and oxygen atoms in total. The summed E-state index contributed by atoms with van der Waals surface area (Å²) in [4.78, 5) is 4.24. The van der Waals surface area contributed by atoms with Crippen LogP contribution in [0.25, 0.3) is 16.7 Å². The number of nitriles is 1. The largest absolute Gasteiger partial charge is 0.369 e. The van der Waals surface area contributed by atoms with Crippen LogP contribution in [0.1, 0.15) is 11.1 Å². The second-order valence-electron chi connectivity index (χ2n) is 4.55. The number of hydrogen-bond donors (Lipinski definition) is 1. The summed E-state index contributed by atoms with van der Waals surface area (Å²) in [5, 5.41) is 8.99. The molecular weight excluding hydrogens is 255 g/mol. The van der Waals surface area contributed by atoms with Crippen molar-refractivity contribution in [3.63, 3.8) is 0 Å². The summed E-state index contributed by atoms with van der Waals surface area (Å²) < 4.78 is 15.2. The third-order valence-corrected chi connectivity index (χ3v) is 3.22. The third kappa shape index (κ3) is 1.79. The van der Waals surface area contributed by atoms with E-state index in [0.717, 1.165) is 5.56 Å². The number of nitrogens with zero attached hydrogens (tertiary/aromatic N) is 3. The number of nitrogen functional groups attached to an aromatic ring is 1. The van der Waals surface area contributed by atoms with Crippen molar-refractivity contribution in [1.82, 2.24) is 9.55 Å². The molecule has 0 saturated carbocycles. The van der Waals surface area contributed by atoms with Crippen molar-refractivity contribution in [2.24, 2.45) is 0 Å². The zero-order valence-corrected chi connectivity index (χ0v) is 10.8. The van der Waals surface area contributed by atoms with E-state index in [4.69, 9.17) is 11.0 Å². The normalized spacial score (nSPS) is 10.7. The van der Waals surface area contributed by atoms with E-state index in [1.54, 1.807) is 28.8 Å². The molecule has 0 spiro atoms. The molecule has 3 aromatic rings. The van der Waals surface area contributed by atoms with E-state index in [9.17, 15) is 4.39 Å². The highest BCUT2D eigenvalue weighted by Crippen LogP contribution is 2.26. The highest BCUT2D eigenvalue weighted by molar-refractivity contribution is 5.82. The Hall–Kier alpha value is -2.87. The van der Waals surface area contributed by atoms with E-state index in [2.05, 4.69) is 11.1 Å². The van der Waals surface area contributed by atoms with Gasteiger partial charge in [0.2, 0.25) is 5.95 Å². The Morgan fingerprint density at radius 3 is 2.80 bits per heavy atom. The van der Waals surface area contributed by atoms with E-state index in [1.165, 1.54) is 12.1 Å². The van der Waals surface area contributed by atoms with Crippen molar-refractivity contribution >= 4 is 17.0 Å². The molecule has 0 unspecified atom stereocenters. The van der Waals surface area contributed by atoms with Crippen molar-refractivity contribution in [2.75, 3.05) is 5.73 Å². The monoisotopic (exact) mass is 266 g/mol. The van der Waals surface area contributed by atoms with Crippen LogP contribution in [0.4, 0.5) is 10.3 Å². The Kier molecular flexibility index (Phi) is 2.65. The summed E-state index contributed by atoms with van der Waals surface area (Å²) in [6.07, 6.45) is 0. The lowest BCUT2D eigenvalue weighted by Crippen LogP contribution is -2.03. The number of nitrogens with two attached hydrogens (primary N) is 1. The Labute approximate surface area is 114 Å². The van der Waals surface area contributed by atoms with Gasteiger partial charge in [0.15, 0.2) is 0 Å². The number of aromatic nitrogens is 2. The van der Waals surface area contributed by atoms with E-state index in [0.29, 0.717) is 22.3 Å². The average Bonchev–Trinajstić information content (AvgIpc) is 2.76. The number of aryl methyl sites for hydroxylation is 1. The van der Waals surface area contributed by atoms with Gasteiger partial charge in [-0.3, -0.25) is 4.57 Å². The van der Waals surface area contributed by atoms with Crippen LogP contribution in [0.5, 0.6) is 0 Å². The summed E-state index contributed by atoms with van der Waals surface area (Å²) in [7, 11) is 0. The van der Waals surface area contributed by atoms with Crippen molar-refractivity contribution in [2.45, 2.75) is 6.92 Å². The summed E-state index contributed by atoms with van der Waals surface area (Å²) >= 11 is 0. The maximum atomic E-state index is 13.5. The molecule has 5 heteroatoms. The Morgan fingerprint density at radius 1 is 1.25 bits per heavy atom. The van der Waals surface area contributed by atoms with E-state index in [-0.39, 0.29) is 11.8 Å². The molecule has 0 fully saturated rings. The number of hydrogen-bond acceptors (Lipinski definition) is 3. The lowest BCUT2D eigenvalue weighted by atomic mass is 10.1. The van der Waals surface area contributed by atoms with Crippen LogP contribution in [0, 0.1) is 24.1 Å². The summed E-state index contributed by atoms with van der Waals surface area (Å²) in [6, 6.07) is 11.7. The number of imidazole rings is 1. The number of rotatable bonds is 1. The van der Waals surface area contributed by atoms with Crippen molar-refractivity contribution in [3.8, 4) is 11.8 Å². The fourth-order valence-corrected chi connectivity index (χ4v) is 2.24. The average molecular weight is 266 g/mol. The maximum Gasteiger partial charge on any atom is 0.205 e. The van der Waals surface area contributed by atoms with Gasteiger partial charge in [-0.15, -0.1) is 0 Å². The fraction of sp³-hybridized carbons (Fsp3) is 0.0667. The number of fused-ring (bicyclic) bond motifs is 1. The van der Waals surface area contributed by atoms with Gasteiger partial charge in [0.05, 0.1) is 28.4 Å². The van der Waals surface area contributed by atoms with Crippen molar-refractivity contribution in [1.29, 1.82) is 5.26 Å². The molecular formula is C15H11FN4. The van der Waals surface area contributed by atoms with Crippen LogP contribution >= 0.6 is 0 Å². The smallest absolute Gasteiger partial charge is 0.205 e. The van der Waals surface area contributed by atoms with Gasteiger partial charge in [0.25, 0.3) is 0 Å². The predicted octanol–water partition coefficient (Wildman–Crippen LogP) is 2.93. The van der Waals surface area contributed by atoms with E-state index >= 15 is 0 Å². The molecule has 0 amide bonds. The number of halogens is 1. The van der Waals surface area contributed by atoms with Crippen LogP contribution in [0.15, 0.2) is 36.4 Å². The molecule has 20 heavy (non-hydrogen) atoms. The summed E-state index contributed by atoms with van der Waals surface area (Å²) in [6.45, 7) is 1.87. The van der Waals surface area contributed by atoms with Crippen LogP contribution in [-0.4, -0.2) is 9.55 Å². The molecule has 3 rings (SSSR count). The SMILES string of the molecule is Cc1ccc(F)cc1-n1c(N)nc2ccc(C#N)cc21. The molecule has 0 saturated heterocycles. The molecule has 2 aromatic carbocycles. The van der Waals surface area contributed by atoms with Gasteiger partial charge in [0.1, 0.15) is 5.82 Å². The highest BCUT2D eigenvalue weighted by Gasteiger charge is 2.13. The Bertz CT molecular complexity index is 858. The fourth-order valence-electron chi connectivity index (χ4n) is 2.24. The molecule has 1 aromatic heterocycles. The first kappa shape index (κ1) is 12.2. The van der Waals surface area contributed by atoms with Crippen LogP contribution in [0.2, 0.25) is 0 Å². The third-order valence-electron chi connectivity index (χ3n) is 3.22. The standard InChI is InChI=1S/C15H11FN4/c1-9-2-4-11(16)7-13(9)20-14-6-10(8-17)3-5-12(14)19-15(20)18/h2-7H,1H3,(H2,18,19). The van der Waals surface area contributed by atoms with Crippen LogP contribution in [-0.2, 0) is 0 Å². The summed E-state index contributed by atoms with van der Waals surface area (Å²) in [5.41, 5.74) is 9.31. The first-order valence-corrected chi connectivity index (χ1v) is 6.05. The van der Waals surface area contributed by atoms with Crippen molar-refractivity contribution in [3.05, 3.63) is 53.3 Å². The topological polar surface area (TPSA) is 67.6 Å². The van der Waals surface area contributed by atoms with Crippen molar-refractivity contribution < 1.29 is 4.39 Å². The quantitative estimate of drug-likeness (QED) is 0.736. The molecule has 0 aliphatic carbocycles. The lowest BCUT2D eigenvalue weighted by Gasteiger charge is -2.10. The number of benzene rings is 2. The lowest BCUT2D eigenvalue weighted by molar-refractivity contribution is 0.626. The van der Waals surface area contributed by atoms with E-state index < -0.39 is 0 Å². The van der Waals surface area contributed by atoms with Gasteiger partial charge in [0, 0.05) is 0 Å². The molecule has 98 valence electrons. The first-order valence-electron chi connectivity index (χ1n) is 6.05. The van der Waals surface area contributed by atoms with Gasteiger partial charge in [-0.05, 0) is 42.8 Å². The Balaban J connectivity index is 2.38. The zero-order valence-electron chi connectivity index (χ0n) is 10.8. The minimum absolute atomic E-state index is 0.267. The molecule has 0 bridgehead atoms. The minimum atomic E-state index is -0.344. The highest BCUT2D eigenvalue weighted by atomic mass is 19.1. The zero-order chi connectivity index (χ0) is 14.3. The maximum absolute atomic E-state index is 13.5. The number of anilines is 1. The molecule has 0 aliphatic rings. The molecule has 0 radical (unpaired) electrons. The Morgan fingerprint density at radius 2 is 2.05 bits per heavy atom. The minimum Gasteiger partial charge on any atom is -0.369 e. The van der Waals surface area contributed by atoms with Gasteiger partial charge in [-0.25, -0.2) is 9.37 Å². The van der Waals surface area contributed by atoms with Crippen LogP contribution < -0.4 is 5.73 Å². The van der Waals surface area contributed by atoms with Crippen LogP contribution in [0.3, 0.4) is 0 Å². The molecule has 2 N–H and O–H groups in total. The predicted molar refractivity (Wildman–Crippen MR) is 74.9 cm³/mol. The van der Waals surface area contributed by atoms with Gasteiger partial charge in [-0.2, -0.15) is 5.26 Å². The second-order valence-corrected chi connectivity index (χ2v) is 4.55. The molecule has 0 aliphatic heterocycles. The molecule has 0 atom stereocenters. The first-order chi connectivity index (χ1) is 9.60. The summed E-state index contributed by atoms with van der Waals surface area (Å²) in [5.74, 6) is -0.0768. The second kappa shape index (κ2) is 4.35. The van der Waals surface area contributed by atoms with Gasteiger partial charge >= 0.3 is 0 Å². The molecule has 1 heterocycles. The van der Waals surface area contributed by atoms with E-state index in [1.807, 2.05) is 6.92 Å². The van der Waals surface area contributed by atoms with Gasteiger partial charge in [-0.1, -0.05) is 6.07 Å².